The van der Waals surface area contributed by atoms with Crippen LogP contribution in [0.2, 0.25) is 0 Å². The summed E-state index contributed by atoms with van der Waals surface area (Å²) in [6.07, 6.45) is 0. The first-order valence-corrected chi connectivity index (χ1v) is 15.9. The van der Waals surface area contributed by atoms with Gasteiger partial charge < -0.3 is 9.13 Å². The van der Waals surface area contributed by atoms with Gasteiger partial charge in [0.15, 0.2) is 0 Å². The number of rotatable bonds is 4. The molecule has 4 nitrogen and oxygen atoms in total. The van der Waals surface area contributed by atoms with Gasteiger partial charge in [-0.2, -0.15) is 5.26 Å². The summed E-state index contributed by atoms with van der Waals surface area (Å²) >= 11 is 0. The number of benzene rings is 7. The molecule has 0 unspecified atom stereocenters. The van der Waals surface area contributed by atoms with E-state index in [1.165, 1.54) is 10.8 Å². The van der Waals surface area contributed by atoms with E-state index in [0.717, 1.165) is 66.5 Å². The molecule has 0 aliphatic rings. The zero-order valence-corrected chi connectivity index (χ0v) is 25.8. The molecule has 0 fully saturated rings. The second-order valence-corrected chi connectivity index (χ2v) is 11.9. The predicted molar refractivity (Wildman–Crippen MR) is 197 cm³/mol. The molecule has 0 N–H and O–H groups in total. The number of hydrogen-bond acceptors (Lipinski definition) is 1. The van der Waals surface area contributed by atoms with Crippen LogP contribution in [0.15, 0.2) is 158 Å². The maximum absolute atomic E-state index is 9.95. The van der Waals surface area contributed by atoms with E-state index in [9.17, 15) is 5.26 Å². The molecular weight excluding hydrogens is 585 g/mol. The molecule has 222 valence electrons. The van der Waals surface area contributed by atoms with Gasteiger partial charge in [-0.1, -0.05) is 109 Å². The molecule has 0 radical (unpaired) electrons. The lowest BCUT2D eigenvalue weighted by Gasteiger charge is -2.17. The van der Waals surface area contributed by atoms with Gasteiger partial charge in [0, 0.05) is 27.4 Å². The third kappa shape index (κ3) is 4.07. The topological polar surface area (TPSA) is 38.0 Å². The van der Waals surface area contributed by atoms with Crippen molar-refractivity contribution in [3.63, 3.8) is 0 Å². The van der Waals surface area contributed by atoms with Crippen LogP contribution in [0.25, 0.3) is 82.1 Å². The van der Waals surface area contributed by atoms with Gasteiger partial charge >= 0.3 is 0 Å². The molecule has 9 aromatic rings. The fraction of sp³-hybridized carbons (Fsp3) is 0. The molecule has 0 saturated heterocycles. The molecule has 0 amide bonds. The van der Waals surface area contributed by atoms with Gasteiger partial charge in [-0.3, -0.25) is 0 Å². The highest BCUT2D eigenvalue weighted by atomic mass is 15.0. The molecule has 0 atom stereocenters. The largest absolute Gasteiger partial charge is 0.319 e. The number of hydrogen-bond donors (Lipinski definition) is 0. The maximum atomic E-state index is 9.95. The third-order valence-corrected chi connectivity index (χ3v) is 9.39. The SMILES string of the molecule is [C-]#[N+]c1cccc2c3ccccc3n(-c3ccc(-c4cc(C#N)ccc4-c4ccccc4-n4c5ccccc5c5ccccc54)cc3)c12. The van der Waals surface area contributed by atoms with Gasteiger partial charge in [0.1, 0.15) is 0 Å². The first kappa shape index (κ1) is 27.4. The van der Waals surface area contributed by atoms with Gasteiger partial charge in [0.2, 0.25) is 5.69 Å². The average Bonchev–Trinajstić information content (AvgIpc) is 3.68. The first-order valence-electron chi connectivity index (χ1n) is 15.9. The molecule has 0 spiro atoms. The molecule has 0 saturated carbocycles. The molecule has 0 aliphatic heterocycles. The zero-order chi connectivity index (χ0) is 32.2. The van der Waals surface area contributed by atoms with Crippen LogP contribution in [0, 0.1) is 17.9 Å². The van der Waals surface area contributed by atoms with Crippen LogP contribution in [0.3, 0.4) is 0 Å². The van der Waals surface area contributed by atoms with Crippen molar-refractivity contribution in [2.45, 2.75) is 0 Å². The predicted octanol–water partition coefficient (Wildman–Crippen LogP) is 11.6. The van der Waals surface area contributed by atoms with E-state index in [1.807, 2.05) is 36.4 Å². The highest BCUT2D eigenvalue weighted by Gasteiger charge is 2.19. The molecule has 7 aromatic carbocycles. The molecule has 2 aromatic heterocycles. The summed E-state index contributed by atoms with van der Waals surface area (Å²) < 4.78 is 4.54. The standard InChI is InChI=1S/C44H26N4/c1-46-39-16-10-15-37-36-14-5-6-17-40(36)47(44(37)39)31-24-22-30(23-25-31)38-27-29(28-45)21-26-32(38)33-11-2-7-18-41(33)48-42-19-8-3-12-34(42)35-13-4-9-20-43(35)48/h2-27H. The Bertz CT molecular complexity index is 2750. The van der Waals surface area contributed by atoms with E-state index in [0.29, 0.717) is 11.3 Å². The van der Waals surface area contributed by atoms with Crippen LogP contribution >= 0.6 is 0 Å². The van der Waals surface area contributed by atoms with Crippen LogP contribution in [-0.4, -0.2) is 9.13 Å². The summed E-state index contributed by atoms with van der Waals surface area (Å²) in [5, 5.41) is 14.6. The number of nitrogens with zero attached hydrogens (tertiary/aromatic N) is 4. The van der Waals surface area contributed by atoms with Crippen molar-refractivity contribution in [1.29, 1.82) is 5.26 Å². The van der Waals surface area contributed by atoms with Gasteiger partial charge in [0.25, 0.3) is 0 Å². The van der Waals surface area contributed by atoms with Crippen LogP contribution in [0.5, 0.6) is 0 Å². The molecule has 4 heteroatoms. The summed E-state index contributed by atoms with van der Waals surface area (Å²) in [4.78, 5) is 3.87. The number of para-hydroxylation sites is 5. The Labute approximate surface area is 277 Å². The quantitative estimate of drug-likeness (QED) is 0.183. The Kier molecular flexibility index (Phi) is 6.22. The molecule has 9 rings (SSSR count). The second kappa shape index (κ2) is 10.9. The normalized spacial score (nSPS) is 11.3. The summed E-state index contributed by atoms with van der Waals surface area (Å²) in [7, 11) is 0. The summed E-state index contributed by atoms with van der Waals surface area (Å²) in [6, 6.07) is 56.6. The van der Waals surface area contributed by atoms with Crippen LogP contribution in [0.1, 0.15) is 5.56 Å². The molecule has 0 aliphatic carbocycles. The lowest BCUT2D eigenvalue weighted by atomic mass is 9.92. The van der Waals surface area contributed by atoms with Crippen molar-refractivity contribution in [1.82, 2.24) is 9.13 Å². The van der Waals surface area contributed by atoms with Crippen LogP contribution in [0.4, 0.5) is 5.69 Å². The van der Waals surface area contributed by atoms with Crippen molar-refractivity contribution in [2.24, 2.45) is 0 Å². The Morgan fingerprint density at radius 2 is 1.08 bits per heavy atom. The van der Waals surface area contributed by atoms with Gasteiger partial charge in [-0.15, -0.1) is 0 Å². The third-order valence-electron chi connectivity index (χ3n) is 9.39. The Morgan fingerprint density at radius 1 is 0.500 bits per heavy atom. The summed E-state index contributed by atoms with van der Waals surface area (Å²) in [5.74, 6) is 0. The monoisotopic (exact) mass is 610 g/mol. The van der Waals surface area contributed by atoms with Crippen molar-refractivity contribution in [3.8, 4) is 39.7 Å². The van der Waals surface area contributed by atoms with E-state index in [1.54, 1.807) is 0 Å². The van der Waals surface area contributed by atoms with Gasteiger partial charge in [-0.05, 0) is 70.6 Å². The van der Waals surface area contributed by atoms with E-state index in [4.69, 9.17) is 6.57 Å². The first-order chi connectivity index (χ1) is 23.7. The number of nitriles is 1. The Balaban J connectivity index is 1.24. The Hall–Kier alpha value is -6.88. The average molecular weight is 611 g/mol. The smallest absolute Gasteiger partial charge is 0.211 e. The van der Waals surface area contributed by atoms with Crippen LogP contribution < -0.4 is 0 Å². The highest BCUT2D eigenvalue weighted by molar-refractivity contribution is 6.13. The minimum atomic E-state index is 0.608. The van der Waals surface area contributed by atoms with Crippen molar-refractivity contribution in [2.75, 3.05) is 0 Å². The second-order valence-electron chi connectivity index (χ2n) is 11.9. The van der Waals surface area contributed by atoms with Gasteiger partial charge in [0.05, 0.1) is 46.0 Å². The van der Waals surface area contributed by atoms with E-state index in [-0.39, 0.29) is 0 Å². The van der Waals surface area contributed by atoms with E-state index < -0.39 is 0 Å². The number of fused-ring (bicyclic) bond motifs is 6. The zero-order valence-electron chi connectivity index (χ0n) is 25.8. The maximum Gasteiger partial charge on any atom is 0.211 e. The number of aromatic nitrogens is 2. The van der Waals surface area contributed by atoms with Gasteiger partial charge in [-0.25, -0.2) is 4.85 Å². The summed E-state index contributed by atoms with van der Waals surface area (Å²) in [6.45, 7) is 7.89. The molecular formula is C44H26N4. The summed E-state index contributed by atoms with van der Waals surface area (Å²) in [5.41, 5.74) is 11.7. The fourth-order valence-corrected chi connectivity index (χ4v) is 7.31. The molecule has 48 heavy (non-hydrogen) atoms. The van der Waals surface area contributed by atoms with Crippen molar-refractivity contribution in [3.05, 3.63) is 175 Å². The highest BCUT2D eigenvalue weighted by Crippen LogP contribution is 2.41. The lowest BCUT2D eigenvalue weighted by molar-refractivity contribution is 1.18. The van der Waals surface area contributed by atoms with E-state index >= 15 is 0 Å². The minimum Gasteiger partial charge on any atom is -0.319 e. The van der Waals surface area contributed by atoms with Crippen molar-refractivity contribution >= 4 is 49.3 Å². The molecule has 2 heterocycles. The molecule has 0 bridgehead atoms. The van der Waals surface area contributed by atoms with Crippen LogP contribution in [-0.2, 0) is 0 Å². The Morgan fingerprint density at radius 3 is 1.75 bits per heavy atom. The van der Waals surface area contributed by atoms with Crippen molar-refractivity contribution < 1.29 is 0 Å². The fourth-order valence-electron chi connectivity index (χ4n) is 7.31. The minimum absolute atomic E-state index is 0.608. The van der Waals surface area contributed by atoms with E-state index in [2.05, 4.69) is 141 Å². The lowest BCUT2D eigenvalue weighted by Crippen LogP contribution is -1.98.